The molecule has 0 radical (unpaired) electrons. The summed E-state index contributed by atoms with van der Waals surface area (Å²) in [6, 6.07) is 3.74. The van der Waals surface area contributed by atoms with Crippen LogP contribution in [0.4, 0.5) is 13.2 Å². The third-order valence-electron chi connectivity index (χ3n) is 4.87. The third-order valence-corrected chi connectivity index (χ3v) is 4.87. The molecule has 3 rings (SSSR count). The number of rotatable bonds is 5. The summed E-state index contributed by atoms with van der Waals surface area (Å²) in [5, 5.41) is 3.28. The molecule has 28 heavy (non-hydrogen) atoms. The van der Waals surface area contributed by atoms with Crippen LogP contribution >= 0.6 is 0 Å². The second kappa shape index (κ2) is 9.42. The van der Waals surface area contributed by atoms with Crippen molar-refractivity contribution >= 4 is 5.96 Å². The average molecular weight is 401 g/mol. The van der Waals surface area contributed by atoms with Gasteiger partial charge in [0.2, 0.25) is 5.88 Å². The van der Waals surface area contributed by atoms with Gasteiger partial charge < -0.3 is 19.7 Å². The SMILES string of the molecule is CN=C(NCc1ccnc(OCC(F)(F)F)c1)N1CCC(N2CCOCC2)C1. The predicted molar refractivity (Wildman–Crippen MR) is 98.4 cm³/mol. The van der Waals surface area contributed by atoms with Crippen molar-refractivity contribution in [2.75, 3.05) is 53.0 Å². The molecule has 0 spiro atoms. The fourth-order valence-electron chi connectivity index (χ4n) is 3.48. The van der Waals surface area contributed by atoms with Crippen LogP contribution in [0.3, 0.4) is 0 Å². The van der Waals surface area contributed by atoms with Crippen LogP contribution < -0.4 is 10.1 Å². The molecule has 1 N–H and O–H groups in total. The standard InChI is InChI=1S/C18H26F3N5O2/c1-22-17(26-5-3-15(12-26)25-6-8-27-9-7-25)24-11-14-2-4-23-16(10-14)28-13-18(19,20)21/h2,4,10,15H,3,5-9,11-13H2,1H3,(H,22,24). The monoisotopic (exact) mass is 401 g/mol. The van der Waals surface area contributed by atoms with Crippen molar-refractivity contribution in [1.82, 2.24) is 20.1 Å². The van der Waals surface area contributed by atoms with E-state index < -0.39 is 12.8 Å². The highest BCUT2D eigenvalue weighted by Crippen LogP contribution is 2.19. The van der Waals surface area contributed by atoms with Crippen molar-refractivity contribution < 1.29 is 22.6 Å². The molecule has 2 aliphatic heterocycles. The summed E-state index contributed by atoms with van der Waals surface area (Å²) in [4.78, 5) is 12.8. The van der Waals surface area contributed by atoms with Crippen LogP contribution in [0.5, 0.6) is 5.88 Å². The summed E-state index contributed by atoms with van der Waals surface area (Å²) in [6.45, 7) is 4.37. The number of likely N-dealkylation sites (tertiary alicyclic amines) is 1. The van der Waals surface area contributed by atoms with E-state index in [9.17, 15) is 13.2 Å². The van der Waals surface area contributed by atoms with Crippen LogP contribution in [-0.2, 0) is 11.3 Å². The summed E-state index contributed by atoms with van der Waals surface area (Å²) >= 11 is 0. The van der Waals surface area contributed by atoms with Crippen LogP contribution in [0.25, 0.3) is 0 Å². The van der Waals surface area contributed by atoms with Gasteiger partial charge in [-0.3, -0.25) is 9.89 Å². The quantitative estimate of drug-likeness (QED) is 0.596. The van der Waals surface area contributed by atoms with Crippen LogP contribution in [0, 0.1) is 0 Å². The van der Waals surface area contributed by atoms with Gasteiger partial charge in [-0.15, -0.1) is 0 Å². The van der Waals surface area contributed by atoms with Crippen molar-refractivity contribution in [3.63, 3.8) is 0 Å². The van der Waals surface area contributed by atoms with Gasteiger partial charge in [-0.2, -0.15) is 13.2 Å². The first kappa shape index (κ1) is 20.7. The summed E-state index contributed by atoms with van der Waals surface area (Å²) in [5.41, 5.74) is 0.775. The minimum Gasteiger partial charge on any atom is -0.468 e. The van der Waals surface area contributed by atoms with Gasteiger partial charge in [-0.05, 0) is 18.1 Å². The Labute approximate surface area is 162 Å². The molecule has 2 aliphatic rings. The highest BCUT2D eigenvalue weighted by molar-refractivity contribution is 5.80. The lowest BCUT2D eigenvalue weighted by molar-refractivity contribution is -0.154. The number of halogens is 3. The molecule has 3 heterocycles. The molecule has 1 aromatic rings. The van der Waals surface area contributed by atoms with E-state index in [-0.39, 0.29) is 5.88 Å². The lowest BCUT2D eigenvalue weighted by Gasteiger charge is -2.32. The highest BCUT2D eigenvalue weighted by Gasteiger charge is 2.30. The van der Waals surface area contributed by atoms with E-state index in [0.29, 0.717) is 12.6 Å². The molecular weight excluding hydrogens is 375 g/mol. The molecule has 2 fully saturated rings. The van der Waals surface area contributed by atoms with Gasteiger partial charge in [0.15, 0.2) is 12.6 Å². The maximum Gasteiger partial charge on any atom is 0.422 e. The minimum absolute atomic E-state index is 0.0415. The molecular formula is C18H26F3N5O2. The molecule has 0 bridgehead atoms. The Balaban J connectivity index is 1.50. The second-order valence-electron chi connectivity index (χ2n) is 6.84. The Morgan fingerprint density at radius 3 is 2.86 bits per heavy atom. The number of aromatic nitrogens is 1. The number of alkyl halides is 3. The average Bonchev–Trinajstić information content (AvgIpc) is 3.17. The van der Waals surface area contributed by atoms with Gasteiger partial charge >= 0.3 is 6.18 Å². The largest absolute Gasteiger partial charge is 0.468 e. The van der Waals surface area contributed by atoms with Crippen LogP contribution in [-0.4, -0.2) is 86.0 Å². The Bertz CT molecular complexity index is 665. The summed E-state index contributed by atoms with van der Waals surface area (Å²) < 4.78 is 47.0. The molecule has 1 unspecified atom stereocenters. The molecule has 0 aliphatic carbocycles. The topological polar surface area (TPSA) is 62.2 Å². The molecule has 2 saturated heterocycles. The molecule has 0 aromatic carbocycles. The van der Waals surface area contributed by atoms with Gasteiger partial charge in [0, 0.05) is 58.1 Å². The van der Waals surface area contributed by atoms with Gasteiger partial charge in [-0.1, -0.05) is 0 Å². The first-order valence-corrected chi connectivity index (χ1v) is 9.36. The van der Waals surface area contributed by atoms with E-state index in [2.05, 4.69) is 25.1 Å². The maximum atomic E-state index is 12.3. The number of hydrogen-bond acceptors (Lipinski definition) is 5. The fourth-order valence-corrected chi connectivity index (χ4v) is 3.48. The van der Waals surface area contributed by atoms with Gasteiger partial charge in [0.1, 0.15) is 0 Å². The number of aliphatic imine (C=N–C) groups is 1. The number of nitrogens with zero attached hydrogens (tertiary/aromatic N) is 4. The Kier molecular flexibility index (Phi) is 6.95. The van der Waals surface area contributed by atoms with Crippen molar-refractivity contribution in [2.24, 2.45) is 4.99 Å². The van der Waals surface area contributed by atoms with Crippen LogP contribution in [0.15, 0.2) is 23.3 Å². The van der Waals surface area contributed by atoms with E-state index in [0.717, 1.165) is 57.3 Å². The maximum absolute atomic E-state index is 12.3. The summed E-state index contributed by atoms with van der Waals surface area (Å²) in [6.07, 6.45) is -1.87. The number of morpholine rings is 1. The normalized spacial score (nSPS) is 21.8. The van der Waals surface area contributed by atoms with Crippen molar-refractivity contribution in [1.29, 1.82) is 0 Å². The molecule has 0 amide bonds. The van der Waals surface area contributed by atoms with E-state index in [4.69, 9.17) is 9.47 Å². The number of nitrogens with one attached hydrogen (secondary N) is 1. The number of pyridine rings is 1. The lowest BCUT2D eigenvalue weighted by Crippen LogP contribution is -2.46. The Hall–Kier alpha value is -2.07. The number of guanidine groups is 1. The minimum atomic E-state index is -4.38. The smallest absolute Gasteiger partial charge is 0.422 e. The number of hydrogen-bond donors (Lipinski definition) is 1. The molecule has 1 atom stereocenters. The molecule has 10 heteroatoms. The van der Waals surface area contributed by atoms with E-state index in [1.807, 2.05) is 0 Å². The van der Waals surface area contributed by atoms with Gasteiger partial charge in [0.25, 0.3) is 0 Å². The lowest BCUT2D eigenvalue weighted by atomic mass is 10.2. The Morgan fingerprint density at radius 1 is 1.36 bits per heavy atom. The first-order valence-electron chi connectivity index (χ1n) is 9.36. The number of ether oxygens (including phenoxy) is 2. The Morgan fingerprint density at radius 2 is 2.14 bits per heavy atom. The fraction of sp³-hybridized carbons (Fsp3) is 0.667. The van der Waals surface area contributed by atoms with Crippen LogP contribution in [0.2, 0.25) is 0 Å². The zero-order chi connectivity index (χ0) is 20.0. The van der Waals surface area contributed by atoms with Gasteiger partial charge in [0.05, 0.1) is 13.2 Å². The van der Waals surface area contributed by atoms with Crippen molar-refractivity contribution in [3.05, 3.63) is 23.9 Å². The van der Waals surface area contributed by atoms with Crippen molar-refractivity contribution in [3.8, 4) is 5.88 Å². The molecule has 1 aromatic heterocycles. The second-order valence-corrected chi connectivity index (χ2v) is 6.84. The zero-order valence-corrected chi connectivity index (χ0v) is 15.9. The third kappa shape index (κ3) is 5.96. The summed E-state index contributed by atoms with van der Waals surface area (Å²) in [5.74, 6) is 0.741. The molecule has 156 valence electrons. The first-order chi connectivity index (χ1) is 13.4. The molecule has 0 saturated carbocycles. The van der Waals surface area contributed by atoms with E-state index in [1.165, 1.54) is 12.3 Å². The molecule has 7 nitrogen and oxygen atoms in total. The predicted octanol–water partition coefficient (Wildman–Crippen LogP) is 1.50. The van der Waals surface area contributed by atoms with E-state index in [1.54, 1.807) is 13.1 Å². The highest BCUT2D eigenvalue weighted by atomic mass is 19.4. The van der Waals surface area contributed by atoms with Crippen molar-refractivity contribution in [2.45, 2.75) is 25.2 Å². The zero-order valence-electron chi connectivity index (χ0n) is 15.9. The van der Waals surface area contributed by atoms with E-state index >= 15 is 0 Å². The van der Waals surface area contributed by atoms with Crippen LogP contribution in [0.1, 0.15) is 12.0 Å². The van der Waals surface area contributed by atoms with Gasteiger partial charge in [-0.25, -0.2) is 4.98 Å². The summed E-state index contributed by atoms with van der Waals surface area (Å²) in [7, 11) is 1.73.